The second-order valence-corrected chi connectivity index (χ2v) is 5.29. The summed E-state index contributed by atoms with van der Waals surface area (Å²) in [7, 11) is 1.50. The van der Waals surface area contributed by atoms with E-state index in [2.05, 4.69) is 10.6 Å². The van der Waals surface area contributed by atoms with Crippen LogP contribution in [-0.4, -0.2) is 31.7 Å². The third kappa shape index (κ3) is 4.95. The van der Waals surface area contributed by atoms with Crippen LogP contribution in [0.4, 0.5) is 4.79 Å². The topological polar surface area (TPSA) is 76.7 Å². The standard InChI is InChI=1S/C16H22N2O4/c1-21-13-9-5-6-10-14(13)22-15(19)11-17-16(20)18-12-7-3-2-4-8-12/h5-6,9-10,12H,2-4,7-8,11H2,1H3,(H2,17,18,20). The average Bonchev–Trinajstić information content (AvgIpc) is 2.54. The zero-order valence-electron chi connectivity index (χ0n) is 12.8. The molecule has 0 aromatic heterocycles. The zero-order valence-corrected chi connectivity index (χ0v) is 12.8. The molecule has 0 saturated heterocycles. The molecule has 1 aliphatic rings. The van der Waals surface area contributed by atoms with E-state index in [1.165, 1.54) is 13.5 Å². The molecule has 0 radical (unpaired) electrons. The van der Waals surface area contributed by atoms with Gasteiger partial charge in [-0.3, -0.25) is 0 Å². The van der Waals surface area contributed by atoms with Crippen molar-refractivity contribution >= 4 is 12.0 Å². The Morgan fingerprint density at radius 2 is 1.82 bits per heavy atom. The summed E-state index contributed by atoms with van der Waals surface area (Å²) in [5.41, 5.74) is 0. The van der Waals surface area contributed by atoms with Crippen LogP contribution in [0.5, 0.6) is 11.5 Å². The van der Waals surface area contributed by atoms with E-state index < -0.39 is 5.97 Å². The van der Waals surface area contributed by atoms with E-state index in [-0.39, 0.29) is 18.6 Å². The highest BCUT2D eigenvalue weighted by Crippen LogP contribution is 2.25. The molecule has 0 spiro atoms. The molecule has 0 aliphatic heterocycles. The quantitative estimate of drug-likeness (QED) is 0.646. The zero-order chi connectivity index (χ0) is 15.8. The van der Waals surface area contributed by atoms with Crippen molar-refractivity contribution in [2.45, 2.75) is 38.1 Å². The Morgan fingerprint density at radius 1 is 1.14 bits per heavy atom. The van der Waals surface area contributed by atoms with E-state index in [0.29, 0.717) is 11.5 Å². The molecule has 0 bridgehead atoms. The Hall–Kier alpha value is -2.24. The van der Waals surface area contributed by atoms with E-state index in [1.807, 2.05) is 0 Å². The molecule has 2 amide bonds. The molecule has 2 N–H and O–H groups in total. The molecule has 1 saturated carbocycles. The van der Waals surface area contributed by atoms with Crippen LogP contribution in [0.3, 0.4) is 0 Å². The van der Waals surface area contributed by atoms with Crippen molar-refractivity contribution in [3.05, 3.63) is 24.3 Å². The molecule has 22 heavy (non-hydrogen) atoms. The number of para-hydroxylation sites is 2. The van der Waals surface area contributed by atoms with E-state index in [4.69, 9.17) is 9.47 Å². The van der Waals surface area contributed by atoms with Crippen molar-refractivity contribution < 1.29 is 19.1 Å². The van der Waals surface area contributed by atoms with Gasteiger partial charge < -0.3 is 20.1 Å². The molecule has 120 valence electrons. The number of ether oxygens (including phenoxy) is 2. The average molecular weight is 306 g/mol. The van der Waals surface area contributed by atoms with Crippen LogP contribution in [-0.2, 0) is 4.79 Å². The van der Waals surface area contributed by atoms with Gasteiger partial charge in [-0.25, -0.2) is 9.59 Å². The van der Waals surface area contributed by atoms with Gasteiger partial charge in [0.05, 0.1) is 7.11 Å². The highest BCUT2D eigenvalue weighted by atomic mass is 16.6. The monoisotopic (exact) mass is 306 g/mol. The SMILES string of the molecule is COc1ccccc1OC(=O)CNC(=O)NC1CCCCC1. The van der Waals surface area contributed by atoms with Gasteiger partial charge in [0.25, 0.3) is 0 Å². The summed E-state index contributed by atoms with van der Waals surface area (Å²) in [5.74, 6) is 0.273. The lowest BCUT2D eigenvalue weighted by molar-refractivity contribution is -0.133. The predicted molar refractivity (Wildman–Crippen MR) is 82.0 cm³/mol. The molecule has 6 heteroatoms. The maximum atomic E-state index is 11.8. The van der Waals surface area contributed by atoms with Crippen LogP contribution >= 0.6 is 0 Å². The number of benzene rings is 1. The van der Waals surface area contributed by atoms with Gasteiger partial charge >= 0.3 is 12.0 Å². The minimum Gasteiger partial charge on any atom is -0.493 e. The number of urea groups is 1. The molecule has 2 rings (SSSR count). The Bertz CT molecular complexity index is 513. The smallest absolute Gasteiger partial charge is 0.331 e. The lowest BCUT2D eigenvalue weighted by Gasteiger charge is -2.22. The lowest BCUT2D eigenvalue weighted by Crippen LogP contribution is -2.45. The largest absolute Gasteiger partial charge is 0.493 e. The first-order valence-electron chi connectivity index (χ1n) is 7.57. The molecule has 0 atom stereocenters. The summed E-state index contributed by atoms with van der Waals surface area (Å²) < 4.78 is 10.3. The fraction of sp³-hybridized carbons (Fsp3) is 0.500. The Balaban J connectivity index is 1.73. The minimum atomic E-state index is -0.539. The van der Waals surface area contributed by atoms with Gasteiger partial charge in [-0.15, -0.1) is 0 Å². The number of amides is 2. The fourth-order valence-corrected chi connectivity index (χ4v) is 2.50. The first-order valence-corrected chi connectivity index (χ1v) is 7.57. The number of methoxy groups -OCH3 is 1. The summed E-state index contributed by atoms with van der Waals surface area (Å²) >= 11 is 0. The Morgan fingerprint density at radius 3 is 2.50 bits per heavy atom. The highest BCUT2D eigenvalue weighted by molar-refractivity contribution is 5.82. The maximum absolute atomic E-state index is 11.8. The molecular weight excluding hydrogens is 284 g/mol. The van der Waals surface area contributed by atoms with Crippen molar-refractivity contribution in [1.82, 2.24) is 10.6 Å². The summed E-state index contributed by atoms with van der Waals surface area (Å²) in [4.78, 5) is 23.5. The molecular formula is C16H22N2O4. The van der Waals surface area contributed by atoms with Gasteiger partial charge in [-0.1, -0.05) is 31.4 Å². The third-order valence-electron chi connectivity index (χ3n) is 3.63. The molecule has 1 fully saturated rings. The van der Waals surface area contributed by atoms with Gasteiger partial charge in [0.2, 0.25) is 0 Å². The highest BCUT2D eigenvalue weighted by Gasteiger charge is 2.16. The number of rotatable bonds is 5. The Kier molecular flexibility index (Phi) is 6.06. The number of hydrogen-bond acceptors (Lipinski definition) is 4. The second-order valence-electron chi connectivity index (χ2n) is 5.29. The fourth-order valence-electron chi connectivity index (χ4n) is 2.50. The molecule has 0 heterocycles. The summed E-state index contributed by atoms with van der Waals surface area (Å²) in [6.45, 7) is -0.184. The summed E-state index contributed by atoms with van der Waals surface area (Å²) in [6, 6.07) is 6.74. The number of carbonyl (C=O) groups is 2. The normalized spacial score (nSPS) is 15.0. The van der Waals surface area contributed by atoms with Crippen molar-refractivity contribution in [3.63, 3.8) is 0 Å². The van der Waals surface area contributed by atoms with Gasteiger partial charge in [-0.05, 0) is 25.0 Å². The van der Waals surface area contributed by atoms with E-state index in [0.717, 1.165) is 25.7 Å². The van der Waals surface area contributed by atoms with E-state index >= 15 is 0 Å². The number of esters is 1. The molecule has 0 unspecified atom stereocenters. The van der Waals surface area contributed by atoms with Crippen LogP contribution in [0.15, 0.2) is 24.3 Å². The molecule has 6 nitrogen and oxygen atoms in total. The predicted octanol–water partition coefficient (Wildman–Crippen LogP) is 2.23. The second kappa shape index (κ2) is 8.26. The first kappa shape index (κ1) is 16.1. The minimum absolute atomic E-state index is 0.184. The third-order valence-corrected chi connectivity index (χ3v) is 3.63. The van der Waals surface area contributed by atoms with Crippen molar-refractivity contribution in [3.8, 4) is 11.5 Å². The van der Waals surface area contributed by atoms with Crippen LogP contribution in [0.2, 0.25) is 0 Å². The number of hydrogen-bond donors (Lipinski definition) is 2. The van der Waals surface area contributed by atoms with Gasteiger partial charge in [0.15, 0.2) is 11.5 Å². The number of nitrogens with one attached hydrogen (secondary N) is 2. The summed E-state index contributed by atoms with van der Waals surface area (Å²) in [6.07, 6.45) is 5.50. The number of carbonyl (C=O) groups excluding carboxylic acids is 2. The summed E-state index contributed by atoms with van der Waals surface area (Å²) in [5, 5.41) is 5.40. The van der Waals surface area contributed by atoms with Crippen LogP contribution in [0, 0.1) is 0 Å². The van der Waals surface area contributed by atoms with Crippen LogP contribution in [0.1, 0.15) is 32.1 Å². The van der Waals surface area contributed by atoms with Crippen molar-refractivity contribution in [2.75, 3.05) is 13.7 Å². The first-order chi connectivity index (χ1) is 10.7. The van der Waals surface area contributed by atoms with Crippen LogP contribution < -0.4 is 20.1 Å². The Labute approximate surface area is 130 Å². The van der Waals surface area contributed by atoms with E-state index in [9.17, 15) is 9.59 Å². The van der Waals surface area contributed by atoms with Gasteiger partial charge in [-0.2, -0.15) is 0 Å². The lowest BCUT2D eigenvalue weighted by atomic mass is 9.96. The maximum Gasteiger partial charge on any atom is 0.331 e. The van der Waals surface area contributed by atoms with Gasteiger partial charge in [0, 0.05) is 6.04 Å². The molecule has 1 aromatic carbocycles. The molecule has 1 aliphatic carbocycles. The van der Waals surface area contributed by atoms with Gasteiger partial charge in [0.1, 0.15) is 6.54 Å². The van der Waals surface area contributed by atoms with E-state index in [1.54, 1.807) is 24.3 Å². The van der Waals surface area contributed by atoms with Crippen LogP contribution in [0.25, 0.3) is 0 Å². The molecule has 1 aromatic rings. The van der Waals surface area contributed by atoms with Crippen molar-refractivity contribution in [2.24, 2.45) is 0 Å². The van der Waals surface area contributed by atoms with Crippen molar-refractivity contribution in [1.29, 1.82) is 0 Å².